The second-order valence-corrected chi connectivity index (χ2v) is 5.59. The Morgan fingerprint density at radius 2 is 2.00 bits per heavy atom. The van der Waals surface area contributed by atoms with E-state index in [1.165, 1.54) is 0 Å². The van der Waals surface area contributed by atoms with Gasteiger partial charge in [0.15, 0.2) is 0 Å². The molecule has 4 rings (SSSR count). The quantitative estimate of drug-likeness (QED) is 0.866. The second kappa shape index (κ2) is 5.16. The Hall–Kier alpha value is -1.86. The Labute approximate surface area is 119 Å². The van der Waals surface area contributed by atoms with Crippen LogP contribution in [0.2, 0.25) is 0 Å². The van der Waals surface area contributed by atoms with E-state index in [0.29, 0.717) is 5.92 Å². The van der Waals surface area contributed by atoms with E-state index >= 15 is 0 Å². The minimum atomic E-state index is -4.43. The lowest BCUT2D eigenvalue weighted by Crippen LogP contribution is -2.57. The number of carbonyl (C=O) groups is 1. The topological polar surface area (TPSA) is 58.1 Å². The van der Waals surface area contributed by atoms with Gasteiger partial charge in [0.2, 0.25) is 12.4 Å². The van der Waals surface area contributed by atoms with Crippen LogP contribution in [0, 0.1) is 5.92 Å². The average molecular weight is 300 g/mol. The summed E-state index contributed by atoms with van der Waals surface area (Å²) in [6.45, 7) is 0.764. The molecule has 1 amide bonds. The zero-order chi connectivity index (χ0) is 15.0. The Morgan fingerprint density at radius 3 is 2.57 bits per heavy atom. The summed E-state index contributed by atoms with van der Waals surface area (Å²) in [6.07, 6.45) is 0.832. The molecule has 1 aromatic heterocycles. The molecule has 0 unspecified atom stereocenters. The fourth-order valence-corrected chi connectivity index (χ4v) is 3.23. The van der Waals surface area contributed by atoms with Crippen LogP contribution in [0.25, 0.3) is 0 Å². The SMILES string of the molecule is O=CN1C[C@@H]2CC[C@H]1[C@H](Nc1ncc(C(F)(F)F)cn1)C2. The minimum absolute atomic E-state index is 0.000522. The number of amides is 1. The number of halogens is 3. The molecule has 1 saturated carbocycles. The Bertz CT molecular complexity index is 519. The molecule has 0 spiro atoms. The summed E-state index contributed by atoms with van der Waals surface area (Å²) in [5.41, 5.74) is -0.868. The first kappa shape index (κ1) is 14.1. The van der Waals surface area contributed by atoms with Gasteiger partial charge in [0.1, 0.15) is 0 Å². The third-order valence-electron chi connectivity index (χ3n) is 4.25. The van der Waals surface area contributed by atoms with Gasteiger partial charge < -0.3 is 10.2 Å². The molecular weight excluding hydrogens is 285 g/mol. The van der Waals surface area contributed by atoms with Gasteiger partial charge in [-0.05, 0) is 25.2 Å². The van der Waals surface area contributed by atoms with Gasteiger partial charge in [0, 0.05) is 25.0 Å². The lowest BCUT2D eigenvalue weighted by molar-refractivity contribution is -0.138. The van der Waals surface area contributed by atoms with Crippen LogP contribution in [0.3, 0.4) is 0 Å². The molecule has 1 aromatic rings. The van der Waals surface area contributed by atoms with E-state index in [2.05, 4.69) is 15.3 Å². The van der Waals surface area contributed by atoms with Crippen molar-refractivity contribution < 1.29 is 18.0 Å². The van der Waals surface area contributed by atoms with Gasteiger partial charge in [-0.15, -0.1) is 0 Å². The van der Waals surface area contributed by atoms with Gasteiger partial charge in [-0.25, -0.2) is 9.97 Å². The Kier molecular flexibility index (Phi) is 3.46. The normalized spacial score (nSPS) is 28.5. The summed E-state index contributed by atoms with van der Waals surface area (Å²) in [5.74, 6) is 0.610. The lowest BCUT2D eigenvalue weighted by atomic mass is 9.77. The number of piperidine rings is 2. The zero-order valence-electron chi connectivity index (χ0n) is 11.2. The minimum Gasteiger partial charge on any atom is -0.349 e. The van der Waals surface area contributed by atoms with Crippen molar-refractivity contribution in [2.75, 3.05) is 11.9 Å². The molecule has 2 saturated heterocycles. The summed E-state index contributed by atoms with van der Waals surface area (Å²) in [5, 5.41) is 3.07. The zero-order valence-corrected chi connectivity index (χ0v) is 11.2. The maximum Gasteiger partial charge on any atom is 0.419 e. The molecule has 1 aliphatic carbocycles. The van der Waals surface area contributed by atoms with Gasteiger partial charge in [-0.1, -0.05) is 0 Å². The van der Waals surface area contributed by atoms with Crippen LogP contribution in [-0.4, -0.2) is 39.9 Å². The fourth-order valence-electron chi connectivity index (χ4n) is 3.23. The maximum absolute atomic E-state index is 12.5. The number of anilines is 1. The van der Waals surface area contributed by atoms with Gasteiger partial charge in [0.05, 0.1) is 11.6 Å². The number of alkyl halides is 3. The standard InChI is InChI=1S/C13H15F3N4O/c14-13(15,16)9-4-17-12(18-5-9)19-10-3-8-1-2-11(10)20(6-8)7-21/h4-5,7-8,10-11H,1-3,6H2,(H,17,18,19)/t8-,10-,11+/m1/s1. The Balaban J connectivity index is 1.70. The van der Waals surface area contributed by atoms with Crippen molar-refractivity contribution in [2.24, 2.45) is 5.92 Å². The first-order valence-electron chi connectivity index (χ1n) is 6.84. The smallest absolute Gasteiger partial charge is 0.349 e. The van der Waals surface area contributed by atoms with Crippen LogP contribution in [0.4, 0.5) is 19.1 Å². The first-order chi connectivity index (χ1) is 9.97. The largest absolute Gasteiger partial charge is 0.419 e. The lowest BCUT2D eigenvalue weighted by Gasteiger charge is -2.48. The van der Waals surface area contributed by atoms with Crippen LogP contribution < -0.4 is 5.32 Å². The van der Waals surface area contributed by atoms with Crippen LogP contribution in [0.5, 0.6) is 0 Å². The van der Waals surface area contributed by atoms with Crippen molar-refractivity contribution in [3.8, 4) is 0 Å². The van der Waals surface area contributed by atoms with E-state index in [0.717, 1.165) is 44.6 Å². The van der Waals surface area contributed by atoms with E-state index in [-0.39, 0.29) is 18.0 Å². The van der Waals surface area contributed by atoms with Crippen LogP contribution in [-0.2, 0) is 11.0 Å². The van der Waals surface area contributed by atoms with Crippen molar-refractivity contribution >= 4 is 12.4 Å². The summed E-state index contributed by atoms with van der Waals surface area (Å²) < 4.78 is 37.4. The molecule has 3 atom stereocenters. The van der Waals surface area contributed by atoms with E-state index in [4.69, 9.17) is 0 Å². The molecule has 1 N–H and O–H groups in total. The first-order valence-corrected chi connectivity index (χ1v) is 6.84. The number of aromatic nitrogens is 2. The van der Waals surface area contributed by atoms with Crippen LogP contribution in [0.15, 0.2) is 12.4 Å². The fraction of sp³-hybridized carbons (Fsp3) is 0.615. The number of hydrogen-bond acceptors (Lipinski definition) is 4. The van der Waals surface area contributed by atoms with Gasteiger partial charge >= 0.3 is 6.18 Å². The molecule has 3 aliphatic rings. The highest BCUT2D eigenvalue weighted by Gasteiger charge is 2.40. The molecule has 5 nitrogen and oxygen atoms in total. The van der Waals surface area contributed by atoms with E-state index < -0.39 is 11.7 Å². The molecule has 3 heterocycles. The van der Waals surface area contributed by atoms with E-state index in [1.807, 2.05) is 0 Å². The molecular formula is C13H15F3N4O. The summed E-state index contributed by atoms with van der Waals surface area (Å²) in [6, 6.07) is 0.0674. The third kappa shape index (κ3) is 2.79. The molecule has 3 fully saturated rings. The molecule has 114 valence electrons. The van der Waals surface area contributed by atoms with Crippen molar-refractivity contribution in [1.82, 2.24) is 14.9 Å². The van der Waals surface area contributed by atoms with Gasteiger partial charge in [0.25, 0.3) is 0 Å². The van der Waals surface area contributed by atoms with Gasteiger partial charge in [-0.2, -0.15) is 13.2 Å². The summed E-state index contributed by atoms with van der Waals surface area (Å²) in [4.78, 5) is 20.3. The van der Waals surface area contributed by atoms with Crippen LogP contribution in [0.1, 0.15) is 24.8 Å². The molecule has 2 aliphatic heterocycles. The molecule has 8 heteroatoms. The maximum atomic E-state index is 12.5. The van der Waals surface area contributed by atoms with Crippen LogP contribution >= 0.6 is 0 Å². The molecule has 21 heavy (non-hydrogen) atoms. The van der Waals surface area contributed by atoms with Crippen molar-refractivity contribution in [2.45, 2.75) is 37.5 Å². The number of nitrogens with one attached hydrogen (secondary N) is 1. The summed E-state index contributed by atoms with van der Waals surface area (Å²) >= 11 is 0. The highest BCUT2D eigenvalue weighted by molar-refractivity contribution is 5.49. The second-order valence-electron chi connectivity index (χ2n) is 5.59. The van der Waals surface area contributed by atoms with Gasteiger partial charge in [-0.3, -0.25) is 4.79 Å². The predicted molar refractivity (Wildman–Crippen MR) is 68.3 cm³/mol. The van der Waals surface area contributed by atoms with Crippen molar-refractivity contribution in [3.63, 3.8) is 0 Å². The van der Waals surface area contributed by atoms with Crippen molar-refractivity contribution in [1.29, 1.82) is 0 Å². The van der Waals surface area contributed by atoms with Crippen molar-refractivity contribution in [3.05, 3.63) is 18.0 Å². The third-order valence-corrected chi connectivity index (χ3v) is 4.25. The highest BCUT2D eigenvalue weighted by Crippen LogP contribution is 2.35. The Morgan fingerprint density at radius 1 is 1.29 bits per heavy atom. The number of fused-ring (bicyclic) bond motifs is 3. The average Bonchev–Trinajstić information content (AvgIpc) is 2.47. The summed E-state index contributed by atoms with van der Waals surface area (Å²) in [7, 11) is 0. The number of hydrogen-bond donors (Lipinski definition) is 1. The predicted octanol–water partition coefficient (Wildman–Crippen LogP) is 1.92. The van der Waals surface area contributed by atoms with E-state index in [9.17, 15) is 18.0 Å². The van der Waals surface area contributed by atoms with E-state index in [1.54, 1.807) is 4.90 Å². The molecule has 0 radical (unpaired) electrons. The number of carbonyl (C=O) groups excluding carboxylic acids is 1. The molecule has 2 bridgehead atoms. The highest BCUT2D eigenvalue weighted by atomic mass is 19.4. The number of rotatable bonds is 3. The monoisotopic (exact) mass is 300 g/mol. The number of nitrogens with zero attached hydrogens (tertiary/aromatic N) is 3. The molecule has 0 aromatic carbocycles.